The van der Waals surface area contributed by atoms with Gasteiger partial charge >= 0.3 is 0 Å². The van der Waals surface area contributed by atoms with Crippen LogP contribution in [0.2, 0.25) is 0 Å². The Morgan fingerprint density at radius 3 is 2.30 bits per heavy atom. The molecule has 1 heterocycles. The first kappa shape index (κ1) is 17.0. The van der Waals surface area contributed by atoms with E-state index in [0.29, 0.717) is 19.6 Å². The van der Waals surface area contributed by atoms with E-state index in [-0.39, 0.29) is 24.2 Å². The van der Waals surface area contributed by atoms with Crippen LogP contribution < -0.4 is 4.90 Å². The van der Waals surface area contributed by atoms with Crippen LogP contribution in [0, 0.1) is 19.8 Å². The molecular weight excluding hydrogens is 288 g/mol. The Labute approximate surface area is 138 Å². The lowest BCUT2D eigenvalue weighted by atomic mass is 10.1. The van der Waals surface area contributed by atoms with Crippen LogP contribution in [0.3, 0.4) is 0 Å². The fraction of sp³-hybridized carbons (Fsp3) is 0.368. The maximum atomic E-state index is 12.6. The number of amides is 2. The molecule has 0 aromatic heterocycles. The molecule has 4 heteroatoms. The van der Waals surface area contributed by atoms with Gasteiger partial charge in [0.2, 0.25) is 11.8 Å². The third-order valence-corrected chi connectivity index (χ3v) is 4.00. The third kappa shape index (κ3) is 3.89. The van der Waals surface area contributed by atoms with E-state index in [0.717, 1.165) is 16.8 Å². The van der Waals surface area contributed by atoms with E-state index in [1.54, 1.807) is 22.0 Å². The zero-order valence-corrected chi connectivity index (χ0v) is 13.9. The molecule has 0 aliphatic carbocycles. The first-order valence-electron chi connectivity index (χ1n) is 7.85. The maximum Gasteiger partial charge on any atom is 0.228 e. The van der Waals surface area contributed by atoms with Crippen LogP contribution in [-0.2, 0) is 9.59 Å². The molecule has 2 rings (SSSR count). The van der Waals surface area contributed by atoms with E-state index < -0.39 is 0 Å². The number of anilines is 1. The first-order valence-corrected chi connectivity index (χ1v) is 7.85. The molecule has 122 valence electrons. The number of carbonyl (C=O) groups is 2. The molecule has 1 aliphatic rings. The first-order chi connectivity index (χ1) is 11.0. The van der Waals surface area contributed by atoms with Crippen LogP contribution in [0.25, 0.3) is 0 Å². The second-order valence-electron chi connectivity index (χ2n) is 6.07. The van der Waals surface area contributed by atoms with Gasteiger partial charge in [-0.2, -0.15) is 0 Å². The quantitative estimate of drug-likeness (QED) is 0.758. The van der Waals surface area contributed by atoms with Crippen LogP contribution in [0.4, 0.5) is 5.69 Å². The number of nitrogens with zero attached hydrogens (tertiary/aromatic N) is 2. The largest absolute Gasteiger partial charge is 0.335 e. The molecule has 0 bridgehead atoms. The Kier molecular flexibility index (Phi) is 5.37. The summed E-state index contributed by atoms with van der Waals surface area (Å²) in [5, 5.41) is 0. The highest BCUT2D eigenvalue weighted by atomic mass is 16.2. The summed E-state index contributed by atoms with van der Waals surface area (Å²) < 4.78 is 0. The molecule has 1 aromatic carbocycles. The molecule has 1 unspecified atom stereocenters. The summed E-state index contributed by atoms with van der Waals surface area (Å²) in [5.74, 6) is -0.307. The SMILES string of the molecule is C=CCN(CC=C)C(=O)C1CC(=O)N(c2cc(C)cc(C)c2)C1. The van der Waals surface area contributed by atoms with Gasteiger partial charge in [0.1, 0.15) is 0 Å². The van der Waals surface area contributed by atoms with Gasteiger partial charge in [-0.3, -0.25) is 9.59 Å². The van der Waals surface area contributed by atoms with Crippen LogP contribution >= 0.6 is 0 Å². The van der Waals surface area contributed by atoms with Crippen molar-refractivity contribution >= 4 is 17.5 Å². The summed E-state index contributed by atoms with van der Waals surface area (Å²) in [6.07, 6.45) is 3.65. The van der Waals surface area contributed by atoms with Crippen molar-refractivity contribution in [1.82, 2.24) is 4.90 Å². The van der Waals surface area contributed by atoms with Crippen molar-refractivity contribution in [3.05, 3.63) is 54.6 Å². The standard InChI is InChI=1S/C19H24N2O2/c1-5-7-20(8-6-2)19(23)16-12-18(22)21(13-16)17-10-14(3)9-15(4)11-17/h5-6,9-11,16H,1-2,7-8,12-13H2,3-4H3. The lowest BCUT2D eigenvalue weighted by Gasteiger charge is -2.23. The van der Waals surface area contributed by atoms with Crippen LogP contribution in [0.5, 0.6) is 0 Å². The highest BCUT2D eigenvalue weighted by Crippen LogP contribution is 2.28. The number of carbonyl (C=O) groups excluding carboxylic acids is 2. The number of hydrogen-bond donors (Lipinski definition) is 0. The molecule has 0 N–H and O–H groups in total. The zero-order chi connectivity index (χ0) is 17.0. The fourth-order valence-electron chi connectivity index (χ4n) is 3.05. The lowest BCUT2D eigenvalue weighted by Crippen LogP contribution is -2.37. The van der Waals surface area contributed by atoms with E-state index in [1.165, 1.54) is 0 Å². The Hall–Kier alpha value is -2.36. The fourth-order valence-corrected chi connectivity index (χ4v) is 3.05. The zero-order valence-electron chi connectivity index (χ0n) is 13.9. The molecule has 1 fully saturated rings. The Morgan fingerprint density at radius 2 is 1.78 bits per heavy atom. The number of benzene rings is 1. The molecule has 4 nitrogen and oxygen atoms in total. The van der Waals surface area contributed by atoms with Gasteiger partial charge in [0.25, 0.3) is 0 Å². The van der Waals surface area contributed by atoms with E-state index >= 15 is 0 Å². The van der Waals surface area contributed by atoms with Crippen molar-refractivity contribution in [2.75, 3.05) is 24.5 Å². The van der Waals surface area contributed by atoms with Gasteiger partial charge in [0.15, 0.2) is 0 Å². The van der Waals surface area contributed by atoms with Crippen molar-refractivity contribution in [3.63, 3.8) is 0 Å². The van der Waals surface area contributed by atoms with Gasteiger partial charge in [-0.15, -0.1) is 13.2 Å². The molecule has 0 radical (unpaired) electrons. The lowest BCUT2D eigenvalue weighted by molar-refractivity contribution is -0.134. The van der Waals surface area contributed by atoms with Gasteiger partial charge in [0, 0.05) is 31.7 Å². The summed E-state index contributed by atoms with van der Waals surface area (Å²) in [7, 11) is 0. The van der Waals surface area contributed by atoms with Gasteiger partial charge in [-0.25, -0.2) is 0 Å². The molecule has 2 amide bonds. The Bertz CT molecular complexity index is 606. The summed E-state index contributed by atoms with van der Waals surface area (Å²) in [6, 6.07) is 6.05. The van der Waals surface area contributed by atoms with Crippen molar-refractivity contribution in [3.8, 4) is 0 Å². The van der Waals surface area contributed by atoms with Gasteiger partial charge in [-0.05, 0) is 37.1 Å². The topological polar surface area (TPSA) is 40.6 Å². The monoisotopic (exact) mass is 312 g/mol. The Balaban J connectivity index is 2.16. The predicted molar refractivity (Wildman–Crippen MR) is 93.4 cm³/mol. The molecule has 0 spiro atoms. The van der Waals surface area contributed by atoms with Crippen LogP contribution in [0.15, 0.2) is 43.5 Å². The van der Waals surface area contributed by atoms with Gasteiger partial charge in [0.05, 0.1) is 5.92 Å². The molecule has 23 heavy (non-hydrogen) atoms. The molecule has 1 aromatic rings. The second kappa shape index (κ2) is 7.27. The van der Waals surface area contributed by atoms with Crippen LogP contribution in [0.1, 0.15) is 17.5 Å². The van der Waals surface area contributed by atoms with E-state index in [1.807, 2.05) is 26.0 Å². The Morgan fingerprint density at radius 1 is 1.22 bits per heavy atom. The highest BCUT2D eigenvalue weighted by Gasteiger charge is 2.36. The van der Waals surface area contributed by atoms with E-state index in [2.05, 4.69) is 19.2 Å². The molecule has 1 aliphatic heterocycles. The average Bonchev–Trinajstić information content (AvgIpc) is 2.87. The number of aryl methyl sites for hydroxylation is 2. The normalized spacial score (nSPS) is 17.2. The average molecular weight is 312 g/mol. The molecule has 0 saturated carbocycles. The minimum Gasteiger partial charge on any atom is -0.335 e. The third-order valence-electron chi connectivity index (χ3n) is 4.00. The maximum absolute atomic E-state index is 12.6. The summed E-state index contributed by atoms with van der Waals surface area (Å²) in [5.41, 5.74) is 3.10. The number of hydrogen-bond acceptors (Lipinski definition) is 2. The van der Waals surface area contributed by atoms with Crippen molar-refractivity contribution in [1.29, 1.82) is 0 Å². The van der Waals surface area contributed by atoms with Crippen LogP contribution in [-0.4, -0.2) is 36.3 Å². The molecule has 1 atom stereocenters. The minimum absolute atomic E-state index is 0.00510. The smallest absolute Gasteiger partial charge is 0.228 e. The van der Waals surface area contributed by atoms with Crippen molar-refractivity contribution in [2.24, 2.45) is 5.92 Å². The van der Waals surface area contributed by atoms with Crippen molar-refractivity contribution in [2.45, 2.75) is 20.3 Å². The molecular formula is C19H24N2O2. The van der Waals surface area contributed by atoms with Crippen molar-refractivity contribution < 1.29 is 9.59 Å². The highest BCUT2D eigenvalue weighted by molar-refractivity contribution is 6.00. The van der Waals surface area contributed by atoms with Gasteiger partial charge < -0.3 is 9.80 Å². The summed E-state index contributed by atoms with van der Waals surface area (Å²) in [4.78, 5) is 28.4. The predicted octanol–water partition coefficient (Wildman–Crippen LogP) is 2.86. The van der Waals surface area contributed by atoms with Gasteiger partial charge in [-0.1, -0.05) is 18.2 Å². The summed E-state index contributed by atoms with van der Waals surface area (Å²) >= 11 is 0. The summed E-state index contributed by atoms with van der Waals surface area (Å²) in [6.45, 7) is 12.8. The minimum atomic E-state index is -0.303. The molecule has 1 saturated heterocycles. The second-order valence-corrected chi connectivity index (χ2v) is 6.07. The number of rotatable bonds is 6. The van der Waals surface area contributed by atoms with E-state index in [4.69, 9.17) is 0 Å². The van der Waals surface area contributed by atoms with E-state index in [9.17, 15) is 9.59 Å².